The van der Waals surface area contributed by atoms with E-state index in [1.807, 2.05) is 11.9 Å². The largest absolute Gasteiger partial charge is 0.416 e. The van der Waals surface area contributed by atoms with Crippen molar-refractivity contribution in [3.63, 3.8) is 0 Å². The second kappa shape index (κ2) is 9.48. The number of anilines is 1. The Bertz CT molecular complexity index is 1620. The van der Waals surface area contributed by atoms with E-state index in [2.05, 4.69) is 37.1 Å². The van der Waals surface area contributed by atoms with Crippen LogP contribution in [-0.2, 0) is 12.7 Å². The molecule has 0 aliphatic carbocycles. The highest BCUT2D eigenvalue weighted by molar-refractivity contribution is 6.04. The minimum absolute atomic E-state index is 0.0602. The number of benzene rings is 1. The first-order valence-corrected chi connectivity index (χ1v) is 12.4. The van der Waals surface area contributed by atoms with Crippen LogP contribution < -0.4 is 5.32 Å². The number of amides is 1. The van der Waals surface area contributed by atoms with E-state index in [1.54, 1.807) is 29.0 Å². The third-order valence-corrected chi connectivity index (χ3v) is 7.01. The Morgan fingerprint density at radius 3 is 2.67 bits per heavy atom. The van der Waals surface area contributed by atoms with Crippen LogP contribution in [0.2, 0.25) is 0 Å². The summed E-state index contributed by atoms with van der Waals surface area (Å²) in [5.41, 5.74) is 1.60. The van der Waals surface area contributed by atoms with Crippen LogP contribution >= 0.6 is 0 Å². The van der Waals surface area contributed by atoms with Crippen molar-refractivity contribution in [3.05, 3.63) is 89.1 Å². The SMILES string of the molecule is CN1CC2(C1)CN(Cc1ccc(NC(=O)c3cncc(C#Cc4cnc5cccnn45)c3)cc1C(F)(F)F)C2. The van der Waals surface area contributed by atoms with Gasteiger partial charge < -0.3 is 10.2 Å². The van der Waals surface area contributed by atoms with Gasteiger partial charge in [-0.2, -0.15) is 18.3 Å². The fourth-order valence-corrected chi connectivity index (χ4v) is 5.50. The zero-order valence-corrected chi connectivity index (χ0v) is 21.0. The molecule has 8 nitrogen and oxygen atoms in total. The first-order chi connectivity index (χ1) is 18.7. The van der Waals surface area contributed by atoms with Gasteiger partial charge in [-0.1, -0.05) is 12.0 Å². The maximum absolute atomic E-state index is 13.9. The lowest BCUT2D eigenvalue weighted by molar-refractivity contribution is -0.139. The van der Waals surface area contributed by atoms with Crippen molar-refractivity contribution < 1.29 is 18.0 Å². The molecule has 4 aromatic rings. The van der Waals surface area contributed by atoms with Crippen LogP contribution in [0.4, 0.5) is 18.9 Å². The molecule has 2 aliphatic heterocycles. The lowest BCUT2D eigenvalue weighted by Crippen LogP contribution is -2.70. The number of imidazole rings is 1. The summed E-state index contributed by atoms with van der Waals surface area (Å²) in [6.45, 7) is 3.79. The van der Waals surface area contributed by atoms with Crippen molar-refractivity contribution in [1.29, 1.82) is 0 Å². The molecule has 1 N–H and O–H groups in total. The quantitative estimate of drug-likeness (QED) is 0.406. The molecular weight excluding hydrogens is 507 g/mol. The van der Waals surface area contributed by atoms with Gasteiger partial charge >= 0.3 is 6.18 Å². The van der Waals surface area contributed by atoms with Crippen molar-refractivity contribution in [2.24, 2.45) is 5.41 Å². The number of hydrogen-bond acceptors (Lipinski definition) is 6. The second-order valence-electron chi connectivity index (χ2n) is 10.3. The molecule has 11 heteroatoms. The van der Waals surface area contributed by atoms with Crippen molar-refractivity contribution >= 4 is 17.2 Å². The highest BCUT2D eigenvalue weighted by Gasteiger charge is 2.50. The third-order valence-electron chi connectivity index (χ3n) is 7.01. The highest BCUT2D eigenvalue weighted by atomic mass is 19.4. The van der Waals surface area contributed by atoms with Crippen molar-refractivity contribution in [1.82, 2.24) is 29.4 Å². The lowest BCUT2D eigenvalue weighted by Gasteiger charge is -2.59. The van der Waals surface area contributed by atoms with E-state index in [9.17, 15) is 18.0 Å². The summed E-state index contributed by atoms with van der Waals surface area (Å²) in [4.78, 5) is 25.4. The molecule has 198 valence electrons. The zero-order chi connectivity index (χ0) is 27.2. The van der Waals surface area contributed by atoms with Crippen molar-refractivity contribution in [2.45, 2.75) is 12.7 Å². The van der Waals surface area contributed by atoms with Crippen LogP contribution in [0.15, 0.2) is 61.2 Å². The molecule has 1 amide bonds. The molecule has 39 heavy (non-hydrogen) atoms. The number of nitrogens with one attached hydrogen (secondary N) is 1. The Hall–Kier alpha value is -4.27. The Balaban J connectivity index is 1.16. The zero-order valence-electron chi connectivity index (χ0n) is 21.0. The molecule has 6 rings (SSSR count). The predicted molar refractivity (Wildman–Crippen MR) is 138 cm³/mol. The first kappa shape index (κ1) is 25.0. The summed E-state index contributed by atoms with van der Waals surface area (Å²) < 4.78 is 43.3. The molecule has 0 bridgehead atoms. The molecule has 1 spiro atoms. The van der Waals surface area contributed by atoms with Crippen molar-refractivity contribution in [3.8, 4) is 11.8 Å². The molecule has 1 aromatic carbocycles. The summed E-state index contributed by atoms with van der Waals surface area (Å²) in [7, 11) is 2.04. The Morgan fingerprint density at radius 2 is 1.90 bits per heavy atom. The van der Waals surface area contributed by atoms with Gasteiger partial charge in [0.05, 0.1) is 17.3 Å². The normalized spacial score (nSPS) is 16.8. The summed E-state index contributed by atoms with van der Waals surface area (Å²) in [5.74, 6) is 5.30. The fourth-order valence-electron chi connectivity index (χ4n) is 5.50. The molecular formula is C28H24F3N7O. The number of hydrogen-bond donors (Lipinski definition) is 1. The van der Waals surface area contributed by atoms with Crippen LogP contribution in [0, 0.1) is 17.3 Å². The van der Waals surface area contributed by atoms with Gasteiger partial charge in [-0.25, -0.2) is 9.50 Å². The van der Waals surface area contributed by atoms with Gasteiger partial charge in [-0.05, 0) is 48.9 Å². The highest BCUT2D eigenvalue weighted by Crippen LogP contribution is 2.41. The van der Waals surface area contributed by atoms with E-state index >= 15 is 0 Å². The van der Waals surface area contributed by atoms with E-state index in [-0.39, 0.29) is 28.8 Å². The number of pyridine rings is 1. The summed E-state index contributed by atoms with van der Waals surface area (Å²) in [5, 5.41) is 6.77. The molecule has 0 unspecified atom stereocenters. The topological polar surface area (TPSA) is 78.7 Å². The average molecular weight is 532 g/mol. The smallest absolute Gasteiger partial charge is 0.322 e. The number of nitrogens with zero attached hydrogens (tertiary/aromatic N) is 6. The summed E-state index contributed by atoms with van der Waals surface area (Å²) >= 11 is 0. The van der Waals surface area contributed by atoms with Crippen LogP contribution in [0.3, 0.4) is 0 Å². The number of aromatic nitrogens is 4. The minimum atomic E-state index is -4.54. The van der Waals surface area contributed by atoms with Crippen LogP contribution in [0.1, 0.15) is 32.7 Å². The standard InChI is InChI=1S/C28H24F3N7O/c1-36-15-27(16-36)17-37(18-27)14-20-5-6-22(10-24(20)28(29,30)31)35-26(39)21-9-19(11-32-12-21)4-7-23-13-33-25-3-2-8-34-38(23)25/h2-3,5-6,8-13H,14-18H2,1H3,(H,35,39). The van der Waals surface area contributed by atoms with Crippen molar-refractivity contribution in [2.75, 3.05) is 38.5 Å². The first-order valence-electron chi connectivity index (χ1n) is 12.4. The lowest BCUT2D eigenvalue weighted by atomic mass is 9.73. The number of carbonyl (C=O) groups excluding carboxylic acids is 1. The van der Waals surface area contributed by atoms with Gasteiger partial charge in [0.15, 0.2) is 5.65 Å². The Morgan fingerprint density at radius 1 is 1.08 bits per heavy atom. The fraction of sp³-hybridized carbons (Fsp3) is 0.286. The Kier molecular flexibility index (Phi) is 6.09. The molecule has 2 fully saturated rings. The van der Waals surface area contributed by atoms with Crippen LogP contribution in [0.5, 0.6) is 0 Å². The van der Waals surface area contributed by atoms with E-state index in [1.165, 1.54) is 30.6 Å². The van der Waals surface area contributed by atoms with Gasteiger partial charge in [0.2, 0.25) is 0 Å². The Labute approximate surface area is 222 Å². The van der Waals surface area contributed by atoms with Gasteiger partial charge in [0, 0.05) is 68.0 Å². The number of halogens is 3. The maximum Gasteiger partial charge on any atom is 0.416 e. The van der Waals surface area contributed by atoms with E-state index in [0.717, 1.165) is 32.2 Å². The van der Waals surface area contributed by atoms with E-state index < -0.39 is 17.6 Å². The minimum Gasteiger partial charge on any atom is -0.322 e. The number of likely N-dealkylation sites (tertiary alicyclic amines) is 2. The second-order valence-corrected chi connectivity index (χ2v) is 10.3. The number of alkyl halides is 3. The summed E-state index contributed by atoms with van der Waals surface area (Å²) in [6, 6.07) is 9.04. The average Bonchev–Trinajstić information content (AvgIpc) is 3.29. The third kappa shape index (κ3) is 5.08. The van der Waals surface area contributed by atoms with E-state index in [0.29, 0.717) is 16.9 Å². The maximum atomic E-state index is 13.9. The molecule has 0 saturated carbocycles. The molecule has 0 radical (unpaired) electrons. The summed E-state index contributed by atoms with van der Waals surface area (Å²) in [6.07, 6.45) is 1.51. The van der Waals surface area contributed by atoms with Gasteiger partial charge in [0.1, 0.15) is 5.69 Å². The monoisotopic (exact) mass is 531 g/mol. The predicted octanol–water partition coefficient (Wildman–Crippen LogP) is 3.54. The number of fused-ring (bicyclic) bond motifs is 1. The molecule has 5 heterocycles. The molecule has 3 aromatic heterocycles. The molecule has 2 aliphatic rings. The molecule has 2 saturated heterocycles. The van der Waals surface area contributed by atoms with Crippen LogP contribution in [0.25, 0.3) is 5.65 Å². The van der Waals surface area contributed by atoms with Gasteiger partial charge in [0.25, 0.3) is 5.91 Å². The number of rotatable bonds is 4. The van der Waals surface area contributed by atoms with Gasteiger partial charge in [-0.3, -0.25) is 14.7 Å². The van der Waals surface area contributed by atoms with E-state index in [4.69, 9.17) is 0 Å². The number of carbonyl (C=O) groups is 1. The van der Waals surface area contributed by atoms with Crippen LogP contribution in [-0.4, -0.2) is 68.5 Å². The van der Waals surface area contributed by atoms with Gasteiger partial charge in [-0.15, -0.1) is 0 Å². The molecule has 0 atom stereocenters.